The van der Waals surface area contributed by atoms with Gasteiger partial charge in [0.05, 0.1) is 11.9 Å². The van der Waals surface area contributed by atoms with Gasteiger partial charge in [-0.05, 0) is 12.1 Å². The summed E-state index contributed by atoms with van der Waals surface area (Å²) in [6.07, 6.45) is -0.807. The first-order valence-electron chi connectivity index (χ1n) is 5.77. The van der Waals surface area contributed by atoms with Gasteiger partial charge in [-0.25, -0.2) is 4.79 Å². The van der Waals surface area contributed by atoms with E-state index in [-0.39, 0.29) is 18.5 Å². The van der Waals surface area contributed by atoms with Crippen LogP contribution in [-0.4, -0.2) is 25.3 Å². The minimum atomic E-state index is -0.453. The summed E-state index contributed by atoms with van der Waals surface area (Å²) in [7, 11) is 0. The van der Waals surface area contributed by atoms with E-state index in [1.807, 2.05) is 24.3 Å². The molecular formula is C13H10N2O4. The van der Waals surface area contributed by atoms with E-state index >= 15 is 0 Å². The monoisotopic (exact) mass is 258 g/mol. The number of ether oxygens (including phenoxy) is 2. The number of hydrogen-bond donors (Lipinski definition) is 1. The van der Waals surface area contributed by atoms with E-state index in [0.29, 0.717) is 17.9 Å². The number of carbonyl (C=O) groups is 1. The van der Waals surface area contributed by atoms with Crippen molar-refractivity contribution in [1.82, 2.24) is 5.32 Å². The van der Waals surface area contributed by atoms with E-state index in [1.165, 1.54) is 0 Å². The van der Waals surface area contributed by atoms with Crippen LogP contribution in [0.5, 0.6) is 5.75 Å². The van der Waals surface area contributed by atoms with E-state index in [1.54, 1.807) is 6.07 Å². The third kappa shape index (κ3) is 2.06. The number of para-hydroxylation sites is 1. The molecule has 1 fully saturated rings. The third-order valence-corrected chi connectivity index (χ3v) is 2.81. The molecule has 1 atom stereocenters. The summed E-state index contributed by atoms with van der Waals surface area (Å²) in [4.78, 5) is 10.9. The Morgan fingerprint density at radius 1 is 1.47 bits per heavy atom. The minimum Gasteiger partial charge on any atom is -0.484 e. The lowest BCUT2D eigenvalue weighted by atomic mass is 10.2. The third-order valence-electron chi connectivity index (χ3n) is 2.81. The molecule has 1 saturated heterocycles. The van der Waals surface area contributed by atoms with Crippen LogP contribution in [-0.2, 0) is 4.74 Å². The molecule has 6 heteroatoms. The van der Waals surface area contributed by atoms with Gasteiger partial charge in [0.2, 0.25) is 5.76 Å². The summed E-state index contributed by atoms with van der Waals surface area (Å²) < 4.78 is 15.9. The van der Waals surface area contributed by atoms with Crippen LogP contribution in [0.4, 0.5) is 4.79 Å². The van der Waals surface area contributed by atoms with Crippen molar-refractivity contribution in [2.45, 2.75) is 6.10 Å². The Labute approximate surface area is 108 Å². The van der Waals surface area contributed by atoms with Crippen LogP contribution >= 0.6 is 0 Å². The number of fused-ring (bicyclic) bond motifs is 1. The van der Waals surface area contributed by atoms with Gasteiger partial charge in [0.25, 0.3) is 0 Å². The Hall–Kier alpha value is -2.68. The normalized spacial score (nSPS) is 17.8. The van der Waals surface area contributed by atoms with Crippen LogP contribution in [0.3, 0.4) is 0 Å². The molecule has 6 nitrogen and oxygen atoms in total. The molecule has 1 amide bonds. The SMILES string of the molecule is N#Cc1oc2ccccc2c1OCC1CNC(=O)O1. The van der Waals surface area contributed by atoms with Crippen LogP contribution in [0.15, 0.2) is 28.7 Å². The molecule has 1 aliphatic rings. The van der Waals surface area contributed by atoms with Crippen molar-refractivity contribution in [3.63, 3.8) is 0 Å². The predicted molar refractivity (Wildman–Crippen MR) is 64.7 cm³/mol. The van der Waals surface area contributed by atoms with Crippen molar-refractivity contribution >= 4 is 17.1 Å². The molecule has 3 rings (SSSR count). The van der Waals surface area contributed by atoms with Gasteiger partial charge in [-0.3, -0.25) is 0 Å². The van der Waals surface area contributed by atoms with Gasteiger partial charge >= 0.3 is 6.09 Å². The first kappa shape index (κ1) is 11.4. The summed E-state index contributed by atoms with van der Waals surface area (Å²) in [5.41, 5.74) is 0.593. The summed E-state index contributed by atoms with van der Waals surface area (Å²) >= 11 is 0. The zero-order valence-corrected chi connectivity index (χ0v) is 9.88. The lowest BCUT2D eigenvalue weighted by Crippen LogP contribution is -2.22. The summed E-state index contributed by atoms with van der Waals surface area (Å²) in [6, 6.07) is 9.19. The molecule has 1 unspecified atom stereocenters. The fourth-order valence-electron chi connectivity index (χ4n) is 1.94. The van der Waals surface area contributed by atoms with Crippen LogP contribution in [0.25, 0.3) is 11.0 Å². The van der Waals surface area contributed by atoms with Gasteiger partial charge in [0.1, 0.15) is 18.3 Å². The molecule has 1 aromatic carbocycles. The largest absolute Gasteiger partial charge is 0.484 e. The first-order chi connectivity index (χ1) is 9.28. The maximum Gasteiger partial charge on any atom is 0.407 e. The van der Waals surface area contributed by atoms with E-state index in [4.69, 9.17) is 19.2 Å². The van der Waals surface area contributed by atoms with Crippen LogP contribution < -0.4 is 10.1 Å². The second-order valence-electron chi connectivity index (χ2n) is 4.09. The molecule has 19 heavy (non-hydrogen) atoms. The van der Waals surface area contributed by atoms with Crippen LogP contribution in [0.1, 0.15) is 5.76 Å². The molecule has 0 radical (unpaired) electrons. The molecule has 96 valence electrons. The fourth-order valence-corrected chi connectivity index (χ4v) is 1.94. The lowest BCUT2D eigenvalue weighted by molar-refractivity contribution is 0.105. The van der Waals surface area contributed by atoms with Gasteiger partial charge in [0, 0.05) is 0 Å². The van der Waals surface area contributed by atoms with Crippen molar-refractivity contribution in [3.8, 4) is 11.8 Å². The Bertz CT molecular complexity index is 671. The Morgan fingerprint density at radius 2 is 2.32 bits per heavy atom. The number of cyclic esters (lactones) is 1. The van der Waals surface area contributed by atoms with Gasteiger partial charge < -0.3 is 19.2 Å². The molecule has 0 spiro atoms. The number of furan rings is 1. The highest BCUT2D eigenvalue weighted by atomic mass is 16.6. The maximum atomic E-state index is 10.9. The number of carbonyl (C=O) groups excluding carboxylic acids is 1. The second-order valence-corrected chi connectivity index (χ2v) is 4.09. The average Bonchev–Trinajstić information content (AvgIpc) is 2.99. The van der Waals surface area contributed by atoms with Crippen molar-refractivity contribution in [1.29, 1.82) is 5.26 Å². The van der Waals surface area contributed by atoms with Crippen LogP contribution in [0.2, 0.25) is 0 Å². The Balaban J connectivity index is 1.83. The molecule has 2 heterocycles. The Kier molecular flexibility index (Phi) is 2.72. The molecule has 1 aliphatic heterocycles. The van der Waals surface area contributed by atoms with E-state index in [0.717, 1.165) is 5.39 Å². The maximum absolute atomic E-state index is 10.9. The molecule has 0 aliphatic carbocycles. The first-order valence-corrected chi connectivity index (χ1v) is 5.77. The number of nitriles is 1. The van der Waals surface area contributed by atoms with Crippen molar-refractivity contribution < 1.29 is 18.7 Å². The Morgan fingerprint density at radius 3 is 3.05 bits per heavy atom. The topological polar surface area (TPSA) is 84.5 Å². The van der Waals surface area contributed by atoms with Gasteiger partial charge in [0.15, 0.2) is 11.9 Å². The number of alkyl carbamates (subject to hydrolysis) is 1. The van der Waals surface area contributed by atoms with E-state index < -0.39 is 6.09 Å². The van der Waals surface area contributed by atoms with Gasteiger partial charge in [-0.1, -0.05) is 12.1 Å². The second kappa shape index (κ2) is 4.53. The van der Waals surface area contributed by atoms with Crippen molar-refractivity contribution in [2.75, 3.05) is 13.2 Å². The van der Waals surface area contributed by atoms with E-state index in [9.17, 15) is 4.79 Å². The quantitative estimate of drug-likeness (QED) is 0.907. The number of nitrogens with zero attached hydrogens (tertiary/aromatic N) is 1. The highest BCUT2D eigenvalue weighted by Crippen LogP contribution is 2.32. The average molecular weight is 258 g/mol. The molecule has 2 aromatic rings. The molecular weight excluding hydrogens is 248 g/mol. The summed E-state index contributed by atoms with van der Waals surface area (Å²) in [5, 5.41) is 12.3. The highest BCUT2D eigenvalue weighted by Gasteiger charge is 2.24. The van der Waals surface area contributed by atoms with Gasteiger partial charge in [-0.15, -0.1) is 0 Å². The van der Waals surface area contributed by atoms with Crippen molar-refractivity contribution in [2.24, 2.45) is 0 Å². The van der Waals surface area contributed by atoms with E-state index in [2.05, 4.69) is 5.32 Å². The standard InChI is InChI=1S/C13H10N2O4/c14-5-11-12(9-3-1-2-4-10(9)19-11)17-7-8-6-15-13(16)18-8/h1-4,8H,6-7H2,(H,15,16). The zero-order chi connectivity index (χ0) is 13.2. The zero-order valence-electron chi connectivity index (χ0n) is 9.88. The molecule has 1 N–H and O–H groups in total. The number of amides is 1. The number of hydrogen-bond acceptors (Lipinski definition) is 5. The smallest absolute Gasteiger partial charge is 0.407 e. The fraction of sp³-hybridized carbons (Fsp3) is 0.231. The number of benzene rings is 1. The summed E-state index contributed by atoms with van der Waals surface area (Å²) in [5.74, 6) is 0.513. The summed E-state index contributed by atoms with van der Waals surface area (Å²) in [6.45, 7) is 0.577. The van der Waals surface area contributed by atoms with Gasteiger partial charge in [-0.2, -0.15) is 5.26 Å². The highest BCUT2D eigenvalue weighted by molar-refractivity contribution is 5.86. The lowest BCUT2D eigenvalue weighted by Gasteiger charge is -2.08. The molecule has 0 bridgehead atoms. The molecule has 0 saturated carbocycles. The molecule has 1 aromatic heterocycles. The number of rotatable bonds is 3. The minimum absolute atomic E-state index is 0.124. The van der Waals surface area contributed by atoms with Crippen LogP contribution in [0, 0.1) is 11.3 Å². The predicted octanol–water partition coefficient (Wildman–Crippen LogP) is 1.79. The number of nitrogens with one attached hydrogen (secondary N) is 1. The van der Waals surface area contributed by atoms with Crippen molar-refractivity contribution in [3.05, 3.63) is 30.0 Å².